The Balaban J connectivity index is 2.64. The number of rotatable bonds is 6. The lowest BCUT2D eigenvalue weighted by Gasteiger charge is -2.09. The molecule has 0 fully saturated rings. The molecule has 0 heterocycles. The third-order valence-electron chi connectivity index (χ3n) is 2.27. The second-order valence-corrected chi connectivity index (χ2v) is 4.79. The van der Waals surface area contributed by atoms with Gasteiger partial charge in [-0.2, -0.15) is 0 Å². The first kappa shape index (κ1) is 13.3. The van der Waals surface area contributed by atoms with Gasteiger partial charge in [-0.15, -0.1) is 11.8 Å². The predicted molar refractivity (Wildman–Crippen MR) is 66.1 cm³/mol. The van der Waals surface area contributed by atoms with E-state index in [4.69, 9.17) is 5.73 Å². The monoisotopic (exact) mass is 245 g/mol. The van der Waals surface area contributed by atoms with Crippen LogP contribution in [0, 0.1) is 0 Å². The molecule has 1 rings (SSSR count). The molecule has 0 saturated carbocycles. The Labute approximate surface area is 99.4 Å². The van der Waals surface area contributed by atoms with Crippen LogP contribution in [0.25, 0.3) is 0 Å². The Morgan fingerprint density at radius 2 is 2.06 bits per heavy atom. The first-order valence-electron chi connectivity index (χ1n) is 5.45. The maximum absolute atomic E-state index is 12.7. The second kappa shape index (κ2) is 6.74. The highest BCUT2D eigenvalue weighted by molar-refractivity contribution is 7.99. The Kier molecular flexibility index (Phi) is 5.60. The predicted octanol–water partition coefficient (Wildman–Crippen LogP) is 4.49. The van der Waals surface area contributed by atoms with Crippen LogP contribution in [-0.2, 0) is 0 Å². The molecular weight excluding hydrogens is 228 g/mol. The van der Waals surface area contributed by atoms with E-state index in [1.807, 2.05) is 0 Å². The van der Waals surface area contributed by atoms with Gasteiger partial charge in [0, 0.05) is 16.1 Å². The van der Waals surface area contributed by atoms with E-state index in [0.29, 0.717) is 10.6 Å². The zero-order valence-electron chi connectivity index (χ0n) is 9.38. The highest BCUT2D eigenvalue weighted by Crippen LogP contribution is 2.32. The highest BCUT2D eigenvalue weighted by atomic mass is 32.2. The molecular formula is C12H17F2NS. The van der Waals surface area contributed by atoms with E-state index in [2.05, 4.69) is 6.92 Å². The van der Waals surface area contributed by atoms with Crippen molar-refractivity contribution >= 4 is 17.4 Å². The Hall–Kier alpha value is -0.770. The van der Waals surface area contributed by atoms with Crippen molar-refractivity contribution in [2.45, 2.75) is 37.5 Å². The minimum atomic E-state index is -2.45. The Morgan fingerprint density at radius 3 is 2.69 bits per heavy atom. The van der Waals surface area contributed by atoms with E-state index in [9.17, 15) is 8.78 Å². The molecule has 0 bridgehead atoms. The summed E-state index contributed by atoms with van der Waals surface area (Å²) >= 11 is 1.49. The summed E-state index contributed by atoms with van der Waals surface area (Å²) in [5, 5.41) is 0. The fraction of sp³-hybridized carbons (Fsp3) is 0.500. The molecule has 1 aromatic rings. The van der Waals surface area contributed by atoms with Gasteiger partial charge in [-0.25, -0.2) is 8.78 Å². The molecule has 4 heteroatoms. The zero-order chi connectivity index (χ0) is 12.0. The molecule has 0 aliphatic carbocycles. The number of nitrogen functional groups attached to an aromatic ring is 1. The molecule has 90 valence electrons. The van der Waals surface area contributed by atoms with E-state index in [1.165, 1.54) is 17.8 Å². The topological polar surface area (TPSA) is 26.0 Å². The second-order valence-electron chi connectivity index (χ2n) is 3.65. The van der Waals surface area contributed by atoms with Gasteiger partial charge in [0.2, 0.25) is 0 Å². The molecule has 1 aromatic carbocycles. The summed E-state index contributed by atoms with van der Waals surface area (Å²) in [5.41, 5.74) is 5.95. The molecule has 2 N–H and O–H groups in total. The van der Waals surface area contributed by atoms with Crippen molar-refractivity contribution in [3.8, 4) is 0 Å². The molecule has 0 aliphatic heterocycles. The standard InChI is InChI=1S/C12H17F2NS/c1-2-3-4-7-16-11-6-5-9(15)8-10(11)12(13)14/h5-6,8,12H,2-4,7,15H2,1H3. The summed E-state index contributed by atoms with van der Waals surface area (Å²) in [4.78, 5) is 0.653. The van der Waals surface area contributed by atoms with Gasteiger partial charge in [0.1, 0.15) is 0 Å². The molecule has 16 heavy (non-hydrogen) atoms. The van der Waals surface area contributed by atoms with Gasteiger partial charge >= 0.3 is 0 Å². The molecule has 1 nitrogen and oxygen atoms in total. The average Bonchev–Trinajstić information content (AvgIpc) is 2.26. The number of alkyl halides is 2. The first-order chi connectivity index (χ1) is 7.65. The Bertz CT molecular complexity index is 329. The molecule has 0 atom stereocenters. The molecule has 0 radical (unpaired) electrons. The summed E-state index contributed by atoms with van der Waals surface area (Å²) in [6, 6.07) is 4.73. The lowest BCUT2D eigenvalue weighted by Crippen LogP contribution is -1.93. The van der Waals surface area contributed by atoms with E-state index < -0.39 is 6.43 Å². The van der Waals surface area contributed by atoms with E-state index in [0.717, 1.165) is 25.0 Å². The van der Waals surface area contributed by atoms with Crippen LogP contribution < -0.4 is 5.73 Å². The number of hydrogen-bond acceptors (Lipinski definition) is 2. The minimum absolute atomic E-state index is 0.0569. The summed E-state index contributed by atoms with van der Waals surface area (Å²) < 4.78 is 25.4. The lowest BCUT2D eigenvalue weighted by molar-refractivity contribution is 0.148. The van der Waals surface area contributed by atoms with E-state index in [-0.39, 0.29) is 5.56 Å². The fourth-order valence-corrected chi connectivity index (χ4v) is 2.45. The highest BCUT2D eigenvalue weighted by Gasteiger charge is 2.13. The van der Waals surface area contributed by atoms with Crippen LogP contribution in [0.1, 0.15) is 38.2 Å². The van der Waals surface area contributed by atoms with Crippen molar-refractivity contribution in [2.24, 2.45) is 0 Å². The number of benzene rings is 1. The number of nitrogens with two attached hydrogens (primary N) is 1. The van der Waals surface area contributed by atoms with E-state index >= 15 is 0 Å². The molecule has 0 unspecified atom stereocenters. The van der Waals surface area contributed by atoms with Gasteiger partial charge in [-0.05, 0) is 30.4 Å². The van der Waals surface area contributed by atoms with Gasteiger partial charge in [0.05, 0.1) is 0 Å². The van der Waals surface area contributed by atoms with Gasteiger partial charge < -0.3 is 5.73 Å². The Morgan fingerprint density at radius 1 is 1.31 bits per heavy atom. The number of hydrogen-bond donors (Lipinski definition) is 1. The molecule has 0 aromatic heterocycles. The third-order valence-corrected chi connectivity index (χ3v) is 3.45. The zero-order valence-corrected chi connectivity index (χ0v) is 10.2. The third kappa shape index (κ3) is 4.00. The molecule has 0 saturated heterocycles. The number of anilines is 1. The van der Waals surface area contributed by atoms with Crippen LogP contribution in [0.5, 0.6) is 0 Å². The maximum Gasteiger partial charge on any atom is 0.265 e. The lowest BCUT2D eigenvalue weighted by atomic mass is 10.2. The summed E-state index contributed by atoms with van der Waals surface area (Å²) in [7, 11) is 0. The maximum atomic E-state index is 12.7. The van der Waals surface area contributed by atoms with Crippen LogP contribution in [0.15, 0.2) is 23.1 Å². The van der Waals surface area contributed by atoms with Crippen molar-refractivity contribution in [1.82, 2.24) is 0 Å². The van der Waals surface area contributed by atoms with Crippen molar-refractivity contribution in [2.75, 3.05) is 11.5 Å². The quantitative estimate of drug-likeness (QED) is 0.454. The summed E-state index contributed by atoms with van der Waals surface area (Å²) in [5.74, 6) is 0.886. The van der Waals surface area contributed by atoms with Crippen LogP contribution in [0.2, 0.25) is 0 Å². The fourth-order valence-electron chi connectivity index (χ4n) is 1.40. The normalized spacial score (nSPS) is 11.0. The number of halogens is 2. The molecule has 0 spiro atoms. The van der Waals surface area contributed by atoms with Crippen LogP contribution in [0.3, 0.4) is 0 Å². The van der Waals surface area contributed by atoms with Gasteiger partial charge in [-0.3, -0.25) is 0 Å². The number of thioether (sulfide) groups is 1. The summed E-state index contributed by atoms with van der Waals surface area (Å²) in [6.45, 7) is 2.12. The molecule has 0 aliphatic rings. The van der Waals surface area contributed by atoms with Crippen molar-refractivity contribution in [3.63, 3.8) is 0 Å². The van der Waals surface area contributed by atoms with Gasteiger partial charge in [-0.1, -0.05) is 19.8 Å². The summed E-state index contributed by atoms with van der Waals surface area (Å²) in [6.07, 6.45) is 0.904. The van der Waals surface area contributed by atoms with Gasteiger partial charge in [0.25, 0.3) is 6.43 Å². The van der Waals surface area contributed by atoms with Crippen molar-refractivity contribution in [3.05, 3.63) is 23.8 Å². The minimum Gasteiger partial charge on any atom is -0.399 e. The first-order valence-corrected chi connectivity index (χ1v) is 6.44. The van der Waals surface area contributed by atoms with E-state index in [1.54, 1.807) is 12.1 Å². The SMILES string of the molecule is CCCCCSc1ccc(N)cc1C(F)F. The van der Waals surface area contributed by atoms with Crippen LogP contribution in [0.4, 0.5) is 14.5 Å². The number of unbranched alkanes of at least 4 members (excludes halogenated alkanes) is 2. The van der Waals surface area contributed by atoms with Crippen LogP contribution >= 0.6 is 11.8 Å². The smallest absolute Gasteiger partial charge is 0.265 e. The van der Waals surface area contributed by atoms with Gasteiger partial charge in [0.15, 0.2) is 0 Å². The van der Waals surface area contributed by atoms with Crippen molar-refractivity contribution < 1.29 is 8.78 Å². The average molecular weight is 245 g/mol. The largest absolute Gasteiger partial charge is 0.399 e. The molecule has 0 amide bonds. The van der Waals surface area contributed by atoms with Crippen LogP contribution in [-0.4, -0.2) is 5.75 Å². The van der Waals surface area contributed by atoms with Crippen molar-refractivity contribution in [1.29, 1.82) is 0 Å².